The molecule has 0 aromatic carbocycles. The Morgan fingerprint density at radius 3 is 2.65 bits per heavy atom. The molecule has 0 saturated heterocycles. The van der Waals surface area contributed by atoms with Gasteiger partial charge in [0.2, 0.25) is 0 Å². The summed E-state index contributed by atoms with van der Waals surface area (Å²) in [4.78, 5) is 17.5. The van der Waals surface area contributed by atoms with Gasteiger partial charge in [0, 0.05) is 18.0 Å². The predicted molar refractivity (Wildman–Crippen MR) is 99.6 cm³/mol. The van der Waals surface area contributed by atoms with Crippen LogP contribution in [0.3, 0.4) is 0 Å². The maximum absolute atomic E-state index is 12.5. The summed E-state index contributed by atoms with van der Waals surface area (Å²) in [6, 6.07) is 6.08. The highest BCUT2D eigenvalue weighted by Gasteiger charge is 2.18. The normalized spacial score (nSPS) is 12.4. The largest absolute Gasteiger partial charge is 0.336 e. The van der Waals surface area contributed by atoms with E-state index in [-0.39, 0.29) is 12.1 Å². The van der Waals surface area contributed by atoms with E-state index in [1.165, 1.54) is 16.9 Å². The highest BCUT2D eigenvalue weighted by atomic mass is 35.5. The van der Waals surface area contributed by atoms with Crippen molar-refractivity contribution < 1.29 is 4.79 Å². The van der Waals surface area contributed by atoms with Crippen molar-refractivity contribution >= 4 is 40.3 Å². The lowest BCUT2D eigenvalue weighted by molar-refractivity contribution is 0.193. The molecule has 1 N–H and O–H groups in total. The Hall–Kier alpha value is -1.08. The highest BCUT2D eigenvalue weighted by Crippen LogP contribution is 2.23. The Morgan fingerprint density at radius 2 is 2.13 bits per heavy atom. The van der Waals surface area contributed by atoms with Gasteiger partial charge in [-0.3, -0.25) is 0 Å². The molecule has 1 unspecified atom stereocenters. The summed E-state index contributed by atoms with van der Waals surface area (Å²) in [6.07, 6.45) is 0. The van der Waals surface area contributed by atoms with Gasteiger partial charge in [0.25, 0.3) is 0 Å². The first kappa shape index (κ1) is 18.3. The van der Waals surface area contributed by atoms with Crippen LogP contribution in [-0.2, 0) is 6.54 Å². The molecule has 0 aliphatic heterocycles. The van der Waals surface area contributed by atoms with Crippen LogP contribution < -0.4 is 5.32 Å². The van der Waals surface area contributed by atoms with Gasteiger partial charge in [-0.25, -0.2) is 4.79 Å². The van der Waals surface area contributed by atoms with Crippen molar-refractivity contribution in [3.05, 3.63) is 43.7 Å². The zero-order valence-electron chi connectivity index (χ0n) is 13.6. The van der Waals surface area contributed by atoms with E-state index in [4.69, 9.17) is 11.6 Å². The van der Waals surface area contributed by atoms with E-state index in [1.54, 1.807) is 16.2 Å². The highest BCUT2D eigenvalue weighted by molar-refractivity contribution is 7.16. The molecule has 0 spiro atoms. The molecule has 2 amide bonds. The number of carbonyl (C=O) groups is 1. The lowest BCUT2D eigenvalue weighted by Gasteiger charge is -2.26. The molecule has 0 saturated carbocycles. The zero-order valence-corrected chi connectivity index (χ0v) is 16.0. The summed E-state index contributed by atoms with van der Waals surface area (Å²) in [7, 11) is 4.06. The Balaban J connectivity index is 1.93. The summed E-state index contributed by atoms with van der Waals surface area (Å²) in [5, 5.41) is 7.24. The molecule has 23 heavy (non-hydrogen) atoms. The molecule has 0 bridgehead atoms. The number of carbonyl (C=O) groups excluding carboxylic acids is 1. The second kappa shape index (κ2) is 8.68. The van der Waals surface area contributed by atoms with E-state index < -0.39 is 0 Å². The first-order valence-electron chi connectivity index (χ1n) is 7.46. The van der Waals surface area contributed by atoms with Gasteiger partial charge < -0.3 is 15.1 Å². The first-order chi connectivity index (χ1) is 11.0. The molecular formula is C16H22ClN3OS2. The number of urea groups is 1. The van der Waals surface area contributed by atoms with Crippen molar-refractivity contribution in [2.24, 2.45) is 0 Å². The smallest absolute Gasteiger partial charge is 0.317 e. The van der Waals surface area contributed by atoms with Gasteiger partial charge in [0.05, 0.1) is 16.9 Å². The number of rotatable bonds is 7. The molecule has 4 nitrogen and oxygen atoms in total. The summed E-state index contributed by atoms with van der Waals surface area (Å²) in [5.41, 5.74) is 1.23. The summed E-state index contributed by atoms with van der Waals surface area (Å²) < 4.78 is 0.751. The monoisotopic (exact) mass is 371 g/mol. The van der Waals surface area contributed by atoms with Crippen LogP contribution in [0.15, 0.2) is 29.0 Å². The van der Waals surface area contributed by atoms with Gasteiger partial charge in [-0.2, -0.15) is 11.3 Å². The number of amides is 2. The minimum absolute atomic E-state index is 0.0425. The molecule has 0 aliphatic rings. The van der Waals surface area contributed by atoms with Crippen LogP contribution in [0.1, 0.15) is 23.4 Å². The zero-order chi connectivity index (χ0) is 16.8. The molecule has 0 fully saturated rings. The van der Waals surface area contributed by atoms with E-state index in [0.29, 0.717) is 19.6 Å². The SMILES string of the molecule is CCN(Cc1ccc(Cl)s1)C(=O)NCC(c1ccsc1)N(C)C. The Labute approximate surface area is 150 Å². The summed E-state index contributed by atoms with van der Waals surface area (Å²) >= 11 is 9.14. The van der Waals surface area contributed by atoms with Crippen LogP contribution in [0.5, 0.6) is 0 Å². The van der Waals surface area contributed by atoms with Crippen LogP contribution in [0, 0.1) is 0 Å². The quantitative estimate of drug-likeness (QED) is 0.787. The molecule has 0 radical (unpaired) electrons. The fraction of sp³-hybridized carbons (Fsp3) is 0.438. The number of hydrogen-bond acceptors (Lipinski definition) is 4. The average Bonchev–Trinajstić information content (AvgIpc) is 3.16. The first-order valence-corrected chi connectivity index (χ1v) is 9.60. The molecule has 7 heteroatoms. The van der Waals surface area contributed by atoms with Crippen molar-refractivity contribution in [1.82, 2.24) is 15.1 Å². The number of likely N-dealkylation sites (N-methyl/N-ethyl adjacent to an activating group) is 1. The van der Waals surface area contributed by atoms with Crippen LogP contribution in [0.2, 0.25) is 4.34 Å². The Bertz CT molecular complexity index is 613. The minimum atomic E-state index is -0.0425. The van der Waals surface area contributed by atoms with Gasteiger partial charge in [0.1, 0.15) is 0 Å². The lowest BCUT2D eigenvalue weighted by atomic mass is 10.1. The van der Waals surface area contributed by atoms with Gasteiger partial charge in [-0.1, -0.05) is 11.6 Å². The van der Waals surface area contributed by atoms with Crippen molar-refractivity contribution in [2.45, 2.75) is 19.5 Å². The minimum Gasteiger partial charge on any atom is -0.336 e. The van der Waals surface area contributed by atoms with Crippen LogP contribution in [0.25, 0.3) is 0 Å². The third-order valence-corrected chi connectivity index (χ3v) is 5.56. The third kappa shape index (κ3) is 5.21. The maximum Gasteiger partial charge on any atom is 0.317 e. The summed E-state index contributed by atoms with van der Waals surface area (Å²) in [6.45, 7) is 3.82. The van der Waals surface area contributed by atoms with E-state index >= 15 is 0 Å². The van der Waals surface area contributed by atoms with Crippen molar-refractivity contribution in [2.75, 3.05) is 27.2 Å². The van der Waals surface area contributed by atoms with E-state index in [9.17, 15) is 4.79 Å². The van der Waals surface area contributed by atoms with E-state index in [1.807, 2.05) is 33.2 Å². The number of hydrogen-bond donors (Lipinski definition) is 1. The van der Waals surface area contributed by atoms with E-state index in [0.717, 1.165) is 9.21 Å². The number of halogens is 1. The molecule has 2 heterocycles. The predicted octanol–water partition coefficient (Wildman–Crippen LogP) is 4.30. The second-order valence-corrected chi connectivity index (χ2v) is 8.02. The van der Waals surface area contributed by atoms with E-state index in [2.05, 4.69) is 27.0 Å². The average molecular weight is 372 g/mol. The number of thiophene rings is 2. The molecule has 2 rings (SSSR count). The molecule has 1 atom stereocenters. The fourth-order valence-electron chi connectivity index (χ4n) is 2.31. The van der Waals surface area contributed by atoms with Crippen molar-refractivity contribution in [3.8, 4) is 0 Å². The number of nitrogens with zero attached hydrogens (tertiary/aromatic N) is 2. The van der Waals surface area contributed by atoms with Crippen LogP contribution in [-0.4, -0.2) is 43.0 Å². The van der Waals surface area contributed by atoms with Crippen molar-refractivity contribution in [1.29, 1.82) is 0 Å². The molecule has 126 valence electrons. The third-order valence-electron chi connectivity index (χ3n) is 3.64. The molecule has 2 aromatic heterocycles. The Kier molecular flexibility index (Phi) is 6.89. The second-order valence-electron chi connectivity index (χ2n) is 5.44. The molecule has 2 aromatic rings. The van der Waals surface area contributed by atoms with Gasteiger partial charge in [-0.15, -0.1) is 11.3 Å². The van der Waals surface area contributed by atoms with Crippen molar-refractivity contribution in [3.63, 3.8) is 0 Å². The van der Waals surface area contributed by atoms with Gasteiger partial charge in [0.15, 0.2) is 0 Å². The number of nitrogens with one attached hydrogen (secondary N) is 1. The van der Waals surface area contributed by atoms with Crippen LogP contribution in [0.4, 0.5) is 4.79 Å². The Morgan fingerprint density at radius 1 is 1.35 bits per heavy atom. The lowest BCUT2D eigenvalue weighted by Crippen LogP contribution is -2.42. The van der Waals surface area contributed by atoms with Gasteiger partial charge in [-0.05, 0) is 55.5 Å². The molecular weight excluding hydrogens is 350 g/mol. The topological polar surface area (TPSA) is 35.6 Å². The van der Waals surface area contributed by atoms with Gasteiger partial charge >= 0.3 is 6.03 Å². The maximum atomic E-state index is 12.5. The van der Waals surface area contributed by atoms with Crippen LogP contribution >= 0.6 is 34.3 Å². The standard InChI is InChI=1S/C16H22ClN3OS2/c1-4-20(10-13-5-6-15(17)23-13)16(21)18-9-14(19(2)3)12-7-8-22-11-12/h5-8,11,14H,4,9-10H2,1-3H3,(H,18,21). The summed E-state index contributed by atoms with van der Waals surface area (Å²) in [5.74, 6) is 0. The fourth-order valence-corrected chi connectivity index (χ4v) is 4.12. The molecule has 0 aliphatic carbocycles.